The molecule has 0 amide bonds. The third-order valence-corrected chi connectivity index (χ3v) is 3.92. The van der Waals surface area contributed by atoms with E-state index < -0.39 is 0 Å². The smallest absolute Gasteiger partial charge is 0.129 e. The molecular formula is C14H17BrFN3. The van der Waals surface area contributed by atoms with Crippen molar-refractivity contribution in [2.24, 2.45) is 0 Å². The van der Waals surface area contributed by atoms with Crippen LogP contribution in [0.4, 0.5) is 4.39 Å². The van der Waals surface area contributed by atoms with Crippen LogP contribution >= 0.6 is 15.9 Å². The quantitative estimate of drug-likeness (QED) is 0.914. The second-order valence-corrected chi connectivity index (χ2v) is 5.16. The molecule has 0 aliphatic heterocycles. The molecular weight excluding hydrogens is 309 g/mol. The number of aromatic nitrogens is 2. The highest BCUT2D eigenvalue weighted by molar-refractivity contribution is 9.10. The van der Waals surface area contributed by atoms with Gasteiger partial charge in [0.05, 0.1) is 0 Å². The fourth-order valence-electron chi connectivity index (χ4n) is 2.19. The van der Waals surface area contributed by atoms with Crippen molar-refractivity contribution in [1.82, 2.24) is 14.9 Å². The largest absolute Gasteiger partial charge is 0.335 e. The summed E-state index contributed by atoms with van der Waals surface area (Å²) >= 11 is 3.42. The number of hydrogen-bond donors (Lipinski definition) is 1. The maximum absolute atomic E-state index is 14.0. The molecule has 3 nitrogen and oxygen atoms in total. The molecule has 2 aromatic rings. The number of halogens is 2. The average molecular weight is 326 g/mol. The molecule has 0 aliphatic carbocycles. The zero-order chi connectivity index (χ0) is 13.8. The average Bonchev–Trinajstić information content (AvgIpc) is 2.84. The lowest BCUT2D eigenvalue weighted by atomic mass is 10.0. The molecule has 1 atom stereocenters. The van der Waals surface area contributed by atoms with E-state index in [9.17, 15) is 4.39 Å². The standard InChI is InChI=1S/C14H17BrFN3/c1-3-19-8-7-18-13(19)9-12(17-2)14-10(15)5-4-6-11(14)16/h4-8,12,17H,3,9H2,1-2H3. The Hall–Kier alpha value is -1.20. The predicted octanol–water partition coefficient (Wildman–Crippen LogP) is 3.31. The van der Waals surface area contributed by atoms with Crippen LogP contribution in [0.2, 0.25) is 0 Å². The summed E-state index contributed by atoms with van der Waals surface area (Å²) in [5.74, 6) is 0.750. The van der Waals surface area contributed by atoms with Gasteiger partial charge >= 0.3 is 0 Å². The van der Waals surface area contributed by atoms with Gasteiger partial charge in [0.2, 0.25) is 0 Å². The van der Waals surface area contributed by atoms with E-state index in [4.69, 9.17) is 0 Å². The minimum absolute atomic E-state index is 0.108. The van der Waals surface area contributed by atoms with E-state index >= 15 is 0 Å². The van der Waals surface area contributed by atoms with Gasteiger partial charge in [-0.25, -0.2) is 9.37 Å². The van der Waals surface area contributed by atoms with Crippen molar-refractivity contribution in [3.8, 4) is 0 Å². The maximum Gasteiger partial charge on any atom is 0.129 e. The van der Waals surface area contributed by atoms with Crippen LogP contribution in [-0.2, 0) is 13.0 Å². The normalized spacial score (nSPS) is 12.6. The summed E-state index contributed by atoms with van der Waals surface area (Å²) in [6.07, 6.45) is 4.37. The summed E-state index contributed by atoms with van der Waals surface area (Å²) in [4.78, 5) is 4.34. The lowest BCUT2D eigenvalue weighted by molar-refractivity contribution is 0.512. The van der Waals surface area contributed by atoms with Gasteiger partial charge in [0.25, 0.3) is 0 Å². The molecule has 0 radical (unpaired) electrons. The Kier molecular flexibility index (Phi) is 4.71. The zero-order valence-electron chi connectivity index (χ0n) is 11.0. The van der Waals surface area contributed by atoms with E-state index in [2.05, 4.69) is 37.7 Å². The topological polar surface area (TPSA) is 29.9 Å². The SMILES string of the molecule is CCn1ccnc1CC(NC)c1c(F)cccc1Br. The number of nitrogens with zero attached hydrogens (tertiary/aromatic N) is 2. The number of nitrogens with one attached hydrogen (secondary N) is 1. The fraction of sp³-hybridized carbons (Fsp3) is 0.357. The second kappa shape index (κ2) is 6.30. The van der Waals surface area contributed by atoms with Crippen LogP contribution in [0, 0.1) is 5.82 Å². The van der Waals surface area contributed by atoms with Gasteiger partial charge < -0.3 is 9.88 Å². The van der Waals surface area contributed by atoms with Crippen LogP contribution in [0.3, 0.4) is 0 Å². The first-order valence-corrected chi connectivity index (χ1v) is 7.07. The molecule has 0 saturated heterocycles. The number of aryl methyl sites for hydroxylation is 1. The third-order valence-electron chi connectivity index (χ3n) is 3.23. The summed E-state index contributed by atoms with van der Waals surface area (Å²) in [5, 5.41) is 3.17. The lowest BCUT2D eigenvalue weighted by Gasteiger charge is -2.19. The van der Waals surface area contributed by atoms with Crippen LogP contribution in [-0.4, -0.2) is 16.6 Å². The molecule has 102 valence electrons. The molecule has 0 saturated carbocycles. The van der Waals surface area contributed by atoms with E-state index in [0.717, 1.165) is 16.8 Å². The summed E-state index contributed by atoms with van der Waals surface area (Å²) in [6.45, 7) is 2.93. The van der Waals surface area contributed by atoms with Crippen molar-refractivity contribution in [2.75, 3.05) is 7.05 Å². The van der Waals surface area contributed by atoms with Crippen LogP contribution in [0.25, 0.3) is 0 Å². The van der Waals surface area contributed by atoms with Crippen molar-refractivity contribution < 1.29 is 4.39 Å². The van der Waals surface area contributed by atoms with Crippen molar-refractivity contribution in [3.05, 3.63) is 52.3 Å². The van der Waals surface area contributed by atoms with E-state index in [-0.39, 0.29) is 11.9 Å². The lowest BCUT2D eigenvalue weighted by Crippen LogP contribution is -2.22. The van der Waals surface area contributed by atoms with E-state index in [1.807, 2.05) is 19.3 Å². The van der Waals surface area contributed by atoms with Crippen LogP contribution in [0.1, 0.15) is 24.4 Å². The van der Waals surface area contributed by atoms with Crippen molar-refractivity contribution in [3.63, 3.8) is 0 Å². The van der Waals surface area contributed by atoms with Crippen molar-refractivity contribution >= 4 is 15.9 Å². The van der Waals surface area contributed by atoms with Gasteiger partial charge in [0.15, 0.2) is 0 Å². The molecule has 0 fully saturated rings. The number of benzene rings is 1. The summed E-state index contributed by atoms with van der Waals surface area (Å²) < 4.78 is 16.8. The van der Waals surface area contributed by atoms with Crippen LogP contribution in [0.5, 0.6) is 0 Å². The number of imidazole rings is 1. The minimum Gasteiger partial charge on any atom is -0.335 e. The molecule has 1 aromatic carbocycles. The Labute approximate surface area is 121 Å². The first-order chi connectivity index (χ1) is 9.17. The van der Waals surface area contributed by atoms with E-state index in [0.29, 0.717) is 12.0 Å². The van der Waals surface area contributed by atoms with E-state index in [1.165, 1.54) is 6.07 Å². The Morgan fingerprint density at radius 2 is 2.26 bits per heavy atom. The molecule has 1 heterocycles. The van der Waals surface area contributed by atoms with Crippen LogP contribution in [0.15, 0.2) is 35.1 Å². The molecule has 1 unspecified atom stereocenters. The summed E-state index contributed by atoms with van der Waals surface area (Å²) in [5.41, 5.74) is 0.649. The Morgan fingerprint density at radius 3 is 2.89 bits per heavy atom. The molecule has 0 aliphatic rings. The van der Waals surface area contributed by atoms with Gasteiger partial charge in [-0.2, -0.15) is 0 Å². The van der Waals surface area contributed by atoms with Gasteiger partial charge in [-0.1, -0.05) is 22.0 Å². The van der Waals surface area contributed by atoms with Gasteiger partial charge in [-0.3, -0.25) is 0 Å². The highest BCUT2D eigenvalue weighted by atomic mass is 79.9. The molecule has 19 heavy (non-hydrogen) atoms. The van der Waals surface area contributed by atoms with Gasteiger partial charge in [0, 0.05) is 41.4 Å². The molecule has 1 aromatic heterocycles. The Bertz CT molecular complexity index is 533. The third kappa shape index (κ3) is 3.04. The fourth-order valence-corrected chi connectivity index (χ4v) is 2.81. The summed E-state index contributed by atoms with van der Waals surface area (Å²) in [6, 6.07) is 4.93. The highest BCUT2D eigenvalue weighted by Crippen LogP contribution is 2.28. The first-order valence-electron chi connectivity index (χ1n) is 6.28. The van der Waals surface area contributed by atoms with Crippen molar-refractivity contribution in [1.29, 1.82) is 0 Å². The van der Waals surface area contributed by atoms with Gasteiger partial charge in [-0.05, 0) is 26.1 Å². The van der Waals surface area contributed by atoms with Gasteiger partial charge in [0.1, 0.15) is 11.6 Å². The highest BCUT2D eigenvalue weighted by Gasteiger charge is 2.19. The molecule has 5 heteroatoms. The number of likely N-dealkylation sites (N-methyl/N-ethyl adjacent to an activating group) is 1. The van der Waals surface area contributed by atoms with E-state index in [1.54, 1.807) is 12.3 Å². The number of hydrogen-bond acceptors (Lipinski definition) is 2. The predicted molar refractivity (Wildman–Crippen MR) is 77.5 cm³/mol. The Morgan fingerprint density at radius 1 is 1.47 bits per heavy atom. The van der Waals surface area contributed by atoms with Crippen molar-refractivity contribution in [2.45, 2.75) is 25.9 Å². The zero-order valence-corrected chi connectivity index (χ0v) is 12.6. The number of rotatable bonds is 5. The summed E-state index contributed by atoms with van der Waals surface area (Å²) in [7, 11) is 1.84. The molecule has 0 spiro atoms. The first kappa shape index (κ1) is 14.2. The maximum atomic E-state index is 14.0. The molecule has 2 rings (SSSR count). The monoisotopic (exact) mass is 325 g/mol. The Balaban J connectivity index is 2.30. The minimum atomic E-state index is -0.205. The molecule has 0 bridgehead atoms. The second-order valence-electron chi connectivity index (χ2n) is 4.31. The van der Waals surface area contributed by atoms with Crippen LogP contribution < -0.4 is 5.32 Å². The van der Waals surface area contributed by atoms with Gasteiger partial charge in [-0.15, -0.1) is 0 Å². The molecule has 1 N–H and O–H groups in total.